The predicted octanol–water partition coefficient (Wildman–Crippen LogP) is 1.59. The first-order valence-electron chi connectivity index (χ1n) is 6.49. The van der Waals surface area contributed by atoms with Crippen LogP contribution in [0.5, 0.6) is 0 Å². The van der Waals surface area contributed by atoms with E-state index in [0.29, 0.717) is 31.9 Å². The standard InChI is InChI=1S/C13H17BrN2O4/c1-2-15-7-9(14)5-11(15)13(19)16-3-4-20-10(8-16)6-12(17)18/h5,7,10H,2-4,6,8H2,1H3,(H,17,18)/t10-/m1/s1. The van der Waals surface area contributed by atoms with E-state index in [0.717, 1.165) is 4.47 Å². The van der Waals surface area contributed by atoms with Crippen LogP contribution in [0.4, 0.5) is 0 Å². The fourth-order valence-corrected chi connectivity index (χ4v) is 2.76. The molecule has 1 aliphatic rings. The van der Waals surface area contributed by atoms with Gasteiger partial charge in [-0.2, -0.15) is 0 Å². The number of nitrogens with zero attached hydrogens (tertiary/aromatic N) is 2. The zero-order chi connectivity index (χ0) is 14.7. The molecule has 6 nitrogen and oxygen atoms in total. The van der Waals surface area contributed by atoms with Crippen LogP contribution in [0.3, 0.4) is 0 Å². The third kappa shape index (κ3) is 3.40. The lowest BCUT2D eigenvalue weighted by molar-refractivity contribution is -0.141. The highest BCUT2D eigenvalue weighted by Gasteiger charge is 2.28. The summed E-state index contributed by atoms with van der Waals surface area (Å²) < 4.78 is 8.10. The summed E-state index contributed by atoms with van der Waals surface area (Å²) in [5.74, 6) is -1.000. The third-order valence-corrected chi connectivity index (χ3v) is 3.68. The van der Waals surface area contributed by atoms with E-state index in [-0.39, 0.29) is 12.3 Å². The number of hydrogen-bond donors (Lipinski definition) is 1. The van der Waals surface area contributed by atoms with Crippen molar-refractivity contribution in [1.29, 1.82) is 0 Å². The number of carboxylic acids is 1. The average molecular weight is 345 g/mol. The maximum absolute atomic E-state index is 12.5. The minimum Gasteiger partial charge on any atom is -0.481 e. The lowest BCUT2D eigenvalue weighted by atomic mass is 10.2. The van der Waals surface area contributed by atoms with Crippen molar-refractivity contribution in [3.8, 4) is 0 Å². The number of carboxylic acid groups (broad SMARTS) is 1. The molecule has 2 heterocycles. The van der Waals surface area contributed by atoms with Crippen molar-refractivity contribution >= 4 is 27.8 Å². The highest BCUT2D eigenvalue weighted by molar-refractivity contribution is 9.10. The Kier molecular flexibility index (Phi) is 4.82. The van der Waals surface area contributed by atoms with E-state index in [1.807, 2.05) is 17.7 Å². The van der Waals surface area contributed by atoms with Gasteiger partial charge in [0.25, 0.3) is 5.91 Å². The lowest BCUT2D eigenvalue weighted by Crippen LogP contribution is -2.46. The van der Waals surface area contributed by atoms with Gasteiger partial charge in [0.15, 0.2) is 0 Å². The largest absolute Gasteiger partial charge is 0.481 e. The first-order valence-corrected chi connectivity index (χ1v) is 7.29. The molecule has 7 heteroatoms. The summed E-state index contributed by atoms with van der Waals surface area (Å²) in [6.45, 7) is 3.85. The minimum absolute atomic E-state index is 0.0811. The summed E-state index contributed by atoms with van der Waals surface area (Å²) >= 11 is 3.37. The van der Waals surface area contributed by atoms with E-state index in [9.17, 15) is 9.59 Å². The fourth-order valence-electron chi connectivity index (χ4n) is 2.30. The van der Waals surface area contributed by atoms with Gasteiger partial charge in [-0.05, 0) is 28.9 Å². The highest BCUT2D eigenvalue weighted by atomic mass is 79.9. The van der Waals surface area contributed by atoms with Crippen LogP contribution >= 0.6 is 15.9 Å². The summed E-state index contributed by atoms with van der Waals surface area (Å²) in [6, 6.07) is 1.79. The summed E-state index contributed by atoms with van der Waals surface area (Å²) in [6.07, 6.45) is 1.35. The van der Waals surface area contributed by atoms with Gasteiger partial charge in [-0.1, -0.05) is 0 Å². The van der Waals surface area contributed by atoms with Crippen molar-refractivity contribution in [3.63, 3.8) is 0 Å². The molecular formula is C13H17BrN2O4. The average Bonchev–Trinajstić information content (AvgIpc) is 2.78. The Morgan fingerprint density at radius 3 is 2.95 bits per heavy atom. The smallest absolute Gasteiger partial charge is 0.306 e. The number of rotatable bonds is 4. The molecule has 1 aliphatic heterocycles. The number of carbonyl (C=O) groups is 2. The van der Waals surface area contributed by atoms with Crippen LogP contribution < -0.4 is 0 Å². The second kappa shape index (κ2) is 6.41. The predicted molar refractivity (Wildman–Crippen MR) is 75.7 cm³/mol. The molecule has 20 heavy (non-hydrogen) atoms. The number of morpholine rings is 1. The fraction of sp³-hybridized carbons (Fsp3) is 0.538. The third-order valence-electron chi connectivity index (χ3n) is 3.25. The Morgan fingerprint density at radius 2 is 2.30 bits per heavy atom. The summed E-state index contributed by atoms with van der Waals surface area (Å²) in [5.41, 5.74) is 0.607. The van der Waals surface area contributed by atoms with Crippen LogP contribution in [0.25, 0.3) is 0 Å². The van der Waals surface area contributed by atoms with Gasteiger partial charge in [-0.25, -0.2) is 0 Å². The quantitative estimate of drug-likeness (QED) is 0.900. The Bertz CT molecular complexity index is 514. The molecule has 0 aromatic carbocycles. The molecule has 1 N–H and O–H groups in total. The van der Waals surface area contributed by atoms with Gasteiger partial charge in [-0.15, -0.1) is 0 Å². The van der Waals surface area contributed by atoms with Crippen LogP contribution in [-0.2, 0) is 16.1 Å². The number of aliphatic carboxylic acids is 1. The second-order valence-electron chi connectivity index (χ2n) is 4.67. The van der Waals surface area contributed by atoms with Crippen molar-refractivity contribution in [2.45, 2.75) is 26.0 Å². The first kappa shape index (κ1) is 15.1. The van der Waals surface area contributed by atoms with Gasteiger partial charge < -0.3 is 19.3 Å². The van der Waals surface area contributed by atoms with E-state index >= 15 is 0 Å². The van der Waals surface area contributed by atoms with Gasteiger partial charge in [0, 0.05) is 30.3 Å². The zero-order valence-electron chi connectivity index (χ0n) is 11.2. The van der Waals surface area contributed by atoms with Crippen LogP contribution in [0.1, 0.15) is 23.8 Å². The molecule has 1 saturated heterocycles. The summed E-state index contributed by atoms with van der Waals surface area (Å²) in [5, 5.41) is 8.80. The normalized spacial score (nSPS) is 19.1. The molecule has 0 spiro atoms. The maximum Gasteiger partial charge on any atom is 0.306 e. The van der Waals surface area contributed by atoms with Crippen molar-refractivity contribution in [2.75, 3.05) is 19.7 Å². The van der Waals surface area contributed by atoms with Gasteiger partial charge in [0.2, 0.25) is 0 Å². The summed E-state index contributed by atoms with van der Waals surface area (Å²) in [7, 11) is 0. The maximum atomic E-state index is 12.5. The van der Waals surface area contributed by atoms with Crippen molar-refractivity contribution < 1.29 is 19.4 Å². The molecule has 1 amide bonds. The van der Waals surface area contributed by atoms with Crippen LogP contribution in [0, 0.1) is 0 Å². The molecule has 1 aromatic heterocycles. The van der Waals surface area contributed by atoms with Crippen LogP contribution in [0.15, 0.2) is 16.7 Å². The molecule has 0 unspecified atom stereocenters. The van der Waals surface area contributed by atoms with Crippen molar-refractivity contribution in [2.24, 2.45) is 0 Å². The molecule has 1 atom stereocenters. The Hall–Kier alpha value is -1.34. The molecule has 0 bridgehead atoms. The summed E-state index contributed by atoms with van der Waals surface area (Å²) in [4.78, 5) is 24.9. The van der Waals surface area contributed by atoms with Gasteiger partial charge in [0.1, 0.15) is 5.69 Å². The second-order valence-corrected chi connectivity index (χ2v) is 5.59. The SMILES string of the molecule is CCn1cc(Br)cc1C(=O)N1CCO[C@H](CC(=O)O)C1. The molecule has 0 saturated carbocycles. The minimum atomic E-state index is -0.913. The number of amides is 1. The van der Waals surface area contributed by atoms with Gasteiger partial charge in [-0.3, -0.25) is 9.59 Å². The molecule has 110 valence electrons. The van der Waals surface area contributed by atoms with E-state index in [4.69, 9.17) is 9.84 Å². The number of halogens is 1. The van der Waals surface area contributed by atoms with E-state index in [2.05, 4.69) is 15.9 Å². The van der Waals surface area contributed by atoms with Crippen molar-refractivity contribution in [3.05, 3.63) is 22.4 Å². The van der Waals surface area contributed by atoms with Crippen LogP contribution in [-0.4, -0.2) is 52.3 Å². The molecule has 1 fully saturated rings. The van der Waals surface area contributed by atoms with Crippen molar-refractivity contribution in [1.82, 2.24) is 9.47 Å². The number of aromatic nitrogens is 1. The highest BCUT2D eigenvalue weighted by Crippen LogP contribution is 2.18. The molecule has 0 radical (unpaired) electrons. The van der Waals surface area contributed by atoms with E-state index < -0.39 is 12.1 Å². The molecule has 1 aromatic rings. The Labute approximate surface area is 125 Å². The number of ether oxygens (including phenoxy) is 1. The van der Waals surface area contributed by atoms with E-state index in [1.54, 1.807) is 11.0 Å². The Morgan fingerprint density at radius 1 is 1.55 bits per heavy atom. The lowest BCUT2D eigenvalue weighted by Gasteiger charge is -2.32. The van der Waals surface area contributed by atoms with Gasteiger partial charge >= 0.3 is 5.97 Å². The molecular weight excluding hydrogens is 328 g/mol. The van der Waals surface area contributed by atoms with E-state index in [1.165, 1.54) is 0 Å². The zero-order valence-corrected chi connectivity index (χ0v) is 12.8. The Balaban J connectivity index is 2.10. The van der Waals surface area contributed by atoms with Gasteiger partial charge in [0.05, 0.1) is 19.1 Å². The topological polar surface area (TPSA) is 71.8 Å². The molecule has 2 rings (SSSR count). The monoisotopic (exact) mass is 344 g/mol. The molecule has 0 aliphatic carbocycles. The first-order chi connectivity index (χ1) is 9.51. The van der Waals surface area contributed by atoms with Crippen LogP contribution in [0.2, 0.25) is 0 Å². The number of carbonyl (C=O) groups excluding carboxylic acids is 1. The number of aryl methyl sites for hydroxylation is 1. The number of hydrogen-bond acceptors (Lipinski definition) is 3.